The Morgan fingerprint density at radius 1 is 1.29 bits per heavy atom. The van der Waals surface area contributed by atoms with Crippen molar-refractivity contribution in [2.75, 3.05) is 40.3 Å². The van der Waals surface area contributed by atoms with Crippen molar-refractivity contribution in [3.05, 3.63) is 23.8 Å². The lowest BCUT2D eigenvalue weighted by Gasteiger charge is -2.29. The third-order valence-corrected chi connectivity index (χ3v) is 4.63. The number of alkyl halides is 2. The van der Waals surface area contributed by atoms with Gasteiger partial charge in [-0.15, -0.1) is 24.0 Å². The molecule has 9 heteroatoms. The molecule has 160 valence electrons. The van der Waals surface area contributed by atoms with Gasteiger partial charge in [-0.25, -0.2) is 0 Å². The van der Waals surface area contributed by atoms with E-state index in [2.05, 4.69) is 27.6 Å². The molecular weight excluding hydrogens is 481 g/mol. The van der Waals surface area contributed by atoms with Crippen LogP contribution in [-0.4, -0.2) is 57.8 Å². The first-order valence-electron chi connectivity index (χ1n) is 9.36. The summed E-state index contributed by atoms with van der Waals surface area (Å²) in [4.78, 5) is 6.55. The molecular formula is C19H31F2IN4O2. The minimum Gasteiger partial charge on any atom is -0.490 e. The molecule has 2 N–H and O–H groups in total. The average Bonchev–Trinajstić information content (AvgIpc) is 2.65. The fourth-order valence-electron chi connectivity index (χ4n) is 3.10. The van der Waals surface area contributed by atoms with Crippen LogP contribution in [0.15, 0.2) is 23.2 Å². The lowest BCUT2D eigenvalue weighted by molar-refractivity contribution is -0.0520. The lowest BCUT2D eigenvalue weighted by Crippen LogP contribution is -2.42. The predicted molar refractivity (Wildman–Crippen MR) is 118 cm³/mol. The van der Waals surface area contributed by atoms with E-state index in [1.165, 1.54) is 0 Å². The fraction of sp³-hybridized carbons (Fsp3) is 0.632. The van der Waals surface area contributed by atoms with E-state index in [1.807, 2.05) is 0 Å². The molecule has 1 saturated heterocycles. The number of likely N-dealkylation sites (tertiary alicyclic amines) is 1. The number of rotatable bonds is 8. The standard InChI is InChI=1S/C19H30F2N4O2.HI/c1-4-26-16-7-5-6-15(17(16)27-18(20)21)13-24-19(22-2)23-12-14-8-10-25(3)11-9-14;/h5-7,14,18H,4,8-13H2,1-3H3,(H2,22,23,24);1H. The molecule has 1 aromatic carbocycles. The number of halogens is 3. The predicted octanol–water partition coefficient (Wildman–Crippen LogP) is 3.31. The topological polar surface area (TPSA) is 58.1 Å². The van der Waals surface area contributed by atoms with Gasteiger partial charge in [-0.1, -0.05) is 12.1 Å². The minimum atomic E-state index is -2.91. The van der Waals surface area contributed by atoms with E-state index in [1.54, 1.807) is 32.2 Å². The summed E-state index contributed by atoms with van der Waals surface area (Å²) in [6.45, 7) is 2.62. The summed E-state index contributed by atoms with van der Waals surface area (Å²) < 4.78 is 35.7. The summed E-state index contributed by atoms with van der Waals surface area (Å²) in [6, 6.07) is 5.12. The Balaban J connectivity index is 0.00000392. The van der Waals surface area contributed by atoms with Crippen molar-refractivity contribution in [3.8, 4) is 11.5 Å². The van der Waals surface area contributed by atoms with Crippen LogP contribution in [0.5, 0.6) is 11.5 Å². The van der Waals surface area contributed by atoms with E-state index in [0.29, 0.717) is 36.3 Å². The second-order valence-electron chi connectivity index (χ2n) is 6.61. The van der Waals surface area contributed by atoms with Crippen molar-refractivity contribution < 1.29 is 18.3 Å². The summed E-state index contributed by atoms with van der Waals surface area (Å²) >= 11 is 0. The van der Waals surface area contributed by atoms with E-state index in [0.717, 1.165) is 32.5 Å². The number of aliphatic imine (C=N–C) groups is 1. The number of ether oxygens (including phenoxy) is 2. The molecule has 1 aliphatic rings. The van der Waals surface area contributed by atoms with Crippen LogP contribution >= 0.6 is 24.0 Å². The van der Waals surface area contributed by atoms with E-state index in [-0.39, 0.29) is 29.7 Å². The largest absolute Gasteiger partial charge is 0.490 e. The van der Waals surface area contributed by atoms with Crippen LogP contribution in [0.3, 0.4) is 0 Å². The maximum atomic E-state index is 12.8. The first-order chi connectivity index (χ1) is 13.0. The zero-order chi connectivity index (χ0) is 19.6. The van der Waals surface area contributed by atoms with Crippen molar-refractivity contribution in [2.45, 2.75) is 32.9 Å². The van der Waals surface area contributed by atoms with E-state index in [4.69, 9.17) is 9.47 Å². The zero-order valence-electron chi connectivity index (χ0n) is 16.7. The van der Waals surface area contributed by atoms with Gasteiger partial charge in [0.1, 0.15) is 0 Å². The van der Waals surface area contributed by atoms with Crippen molar-refractivity contribution in [1.82, 2.24) is 15.5 Å². The molecule has 0 unspecified atom stereocenters. The number of nitrogens with one attached hydrogen (secondary N) is 2. The number of benzene rings is 1. The highest BCUT2D eigenvalue weighted by molar-refractivity contribution is 14.0. The number of hydrogen-bond acceptors (Lipinski definition) is 4. The molecule has 1 aliphatic heterocycles. The lowest BCUT2D eigenvalue weighted by atomic mass is 9.97. The molecule has 1 fully saturated rings. The van der Waals surface area contributed by atoms with Gasteiger partial charge in [-0.05, 0) is 51.9 Å². The summed E-state index contributed by atoms with van der Waals surface area (Å²) in [5, 5.41) is 6.49. The highest BCUT2D eigenvalue weighted by Crippen LogP contribution is 2.32. The van der Waals surface area contributed by atoms with Crippen LogP contribution in [0.4, 0.5) is 8.78 Å². The van der Waals surface area contributed by atoms with E-state index < -0.39 is 6.61 Å². The average molecular weight is 512 g/mol. The number of guanidine groups is 1. The summed E-state index contributed by atoms with van der Waals surface area (Å²) in [7, 11) is 3.83. The van der Waals surface area contributed by atoms with Crippen LogP contribution in [0.2, 0.25) is 0 Å². The van der Waals surface area contributed by atoms with Gasteiger partial charge in [0.05, 0.1) is 6.61 Å². The maximum Gasteiger partial charge on any atom is 0.387 e. The third kappa shape index (κ3) is 7.94. The molecule has 1 aromatic rings. The molecule has 0 spiro atoms. The third-order valence-electron chi connectivity index (χ3n) is 4.63. The minimum absolute atomic E-state index is 0. The molecule has 0 aliphatic carbocycles. The maximum absolute atomic E-state index is 12.8. The van der Waals surface area contributed by atoms with Crippen molar-refractivity contribution >= 4 is 29.9 Å². The Morgan fingerprint density at radius 2 is 2.00 bits per heavy atom. The van der Waals surface area contributed by atoms with Gasteiger partial charge >= 0.3 is 6.61 Å². The number of para-hydroxylation sites is 1. The van der Waals surface area contributed by atoms with Gasteiger partial charge in [-0.2, -0.15) is 8.78 Å². The van der Waals surface area contributed by atoms with Crippen molar-refractivity contribution in [1.29, 1.82) is 0 Å². The Kier molecular flexibility index (Phi) is 11.4. The molecule has 2 rings (SSSR count). The molecule has 0 atom stereocenters. The van der Waals surface area contributed by atoms with E-state index in [9.17, 15) is 8.78 Å². The Morgan fingerprint density at radius 3 is 2.61 bits per heavy atom. The molecule has 0 aromatic heterocycles. The van der Waals surface area contributed by atoms with Gasteiger partial charge in [0, 0.05) is 25.7 Å². The Hall–Kier alpha value is -1.36. The van der Waals surface area contributed by atoms with Gasteiger partial charge in [0.25, 0.3) is 0 Å². The summed E-state index contributed by atoms with van der Waals surface area (Å²) in [6.07, 6.45) is 2.31. The van der Waals surface area contributed by atoms with Crippen LogP contribution in [-0.2, 0) is 6.54 Å². The highest BCUT2D eigenvalue weighted by atomic mass is 127. The Labute approximate surface area is 183 Å². The monoisotopic (exact) mass is 512 g/mol. The van der Waals surface area contributed by atoms with Crippen LogP contribution < -0.4 is 20.1 Å². The van der Waals surface area contributed by atoms with Gasteiger partial charge in [0.2, 0.25) is 0 Å². The molecule has 1 heterocycles. The SMILES string of the molecule is CCOc1cccc(CNC(=NC)NCC2CCN(C)CC2)c1OC(F)F.I. The molecule has 0 amide bonds. The van der Waals surface area contributed by atoms with E-state index >= 15 is 0 Å². The second-order valence-corrected chi connectivity index (χ2v) is 6.61. The molecule has 0 bridgehead atoms. The number of piperidine rings is 1. The summed E-state index contributed by atoms with van der Waals surface area (Å²) in [5.41, 5.74) is 0.587. The Bertz CT molecular complexity index is 612. The molecule has 0 saturated carbocycles. The first-order valence-corrected chi connectivity index (χ1v) is 9.36. The van der Waals surface area contributed by atoms with Crippen LogP contribution in [0, 0.1) is 5.92 Å². The molecule has 0 radical (unpaired) electrons. The van der Waals surface area contributed by atoms with Gasteiger partial charge < -0.3 is 25.0 Å². The van der Waals surface area contributed by atoms with Crippen molar-refractivity contribution in [3.63, 3.8) is 0 Å². The van der Waals surface area contributed by atoms with Crippen LogP contribution in [0.25, 0.3) is 0 Å². The second kappa shape index (κ2) is 13.0. The van der Waals surface area contributed by atoms with Crippen molar-refractivity contribution in [2.24, 2.45) is 10.9 Å². The molecule has 28 heavy (non-hydrogen) atoms. The zero-order valence-corrected chi connectivity index (χ0v) is 19.0. The fourth-order valence-corrected chi connectivity index (χ4v) is 3.10. The summed E-state index contributed by atoms with van der Waals surface area (Å²) in [5.74, 6) is 1.62. The number of hydrogen-bond donors (Lipinski definition) is 2. The highest BCUT2D eigenvalue weighted by Gasteiger charge is 2.18. The molecule has 6 nitrogen and oxygen atoms in total. The normalized spacial score (nSPS) is 15.9. The van der Waals surface area contributed by atoms with Gasteiger partial charge in [-0.3, -0.25) is 4.99 Å². The van der Waals surface area contributed by atoms with Crippen LogP contribution in [0.1, 0.15) is 25.3 Å². The smallest absolute Gasteiger partial charge is 0.387 e. The van der Waals surface area contributed by atoms with Gasteiger partial charge in [0.15, 0.2) is 17.5 Å². The first kappa shape index (κ1) is 24.7. The quantitative estimate of drug-likeness (QED) is 0.318. The number of nitrogens with zero attached hydrogens (tertiary/aromatic N) is 2.